The van der Waals surface area contributed by atoms with Gasteiger partial charge in [-0.15, -0.1) is 0 Å². The highest BCUT2D eigenvalue weighted by atomic mass is 79.9. The van der Waals surface area contributed by atoms with Crippen molar-refractivity contribution in [2.24, 2.45) is 10.7 Å². The number of carbonyl (C=O) groups is 1. The number of nitrogens with two attached hydrogens (primary N) is 1. The Labute approximate surface area is 108 Å². The van der Waals surface area contributed by atoms with Crippen molar-refractivity contribution < 1.29 is 4.79 Å². The summed E-state index contributed by atoms with van der Waals surface area (Å²) >= 11 is 3.41. The SMILES string of the molecule is NCC(=O)NC1=NC(c2cccc(Br)c2)=CC1. The van der Waals surface area contributed by atoms with Crippen LogP contribution in [0.25, 0.3) is 5.70 Å². The van der Waals surface area contributed by atoms with Crippen LogP contribution in [0, 0.1) is 0 Å². The average Bonchev–Trinajstić information content (AvgIpc) is 2.77. The molecule has 1 aliphatic rings. The molecule has 1 aromatic carbocycles. The Morgan fingerprint density at radius 1 is 1.53 bits per heavy atom. The van der Waals surface area contributed by atoms with Crippen LogP contribution in [0.2, 0.25) is 0 Å². The monoisotopic (exact) mass is 293 g/mol. The summed E-state index contributed by atoms with van der Waals surface area (Å²) in [7, 11) is 0. The summed E-state index contributed by atoms with van der Waals surface area (Å²) in [6, 6.07) is 7.88. The van der Waals surface area contributed by atoms with Crippen LogP contribution in [0.3, 0.4) is 0 Å². The topological polar surface area (TPSA) is 67.5 Å². The molecule has 88 valence electrons. The smallest absolute Gasteiger partial charge is 0.239 e. The van der Waals surface area contributed by atoms with Gasteiger partial charge < -0.3 is 11.1 Å². The van der Waals surface area contributed by atoms with Gasteiger partial charge >= 0.3 is 0 Å². The minimum Gasteiger partial charge on any atom is -0.322 e. The second-order valence-corrected chi connectivity index (χ2v) is 4.53. The molecule has 0 atom stereocenters. The van der Waals surface area contributed by atoms with E-state index in [2.05, 4.69) is 26.2 Å². The number of carbonyl (C=O) groups excluding carboxylic acids is 1. The third kappa shape index (κ3) is 3.01. The number of nitrogens with zero attached hydrogens (tertiary/aromatic N) is 1. The minimum atomic E-state index is -0.215. The largest absolute Gasteiger partial charge is 0.322 e. The number of amidine groups is 1. The predicted octanol–water partition coefficient (Wildman–Crippen LogP) is 1.67. The molecule has 0 aliphatic carbocycles. The Balaban J connectivity index is 2.12. The van der Waals surface area contributed by atoms with Gasteiger partial charge in [0.2, 0.25) is 5.91 Å². The standard InChI is InChI=1S/C12H12BrN3O/c13-9-3-1-2-8(6-9)10-4-5-11(15-10)16-12(17)7-14/h1-4,6H,5,7,14H2,(H,15,16,17). The molecule has 3 N–H and O–H groups in total. The molecule has 1 aliphatic heterocycles. The van der Waals surface area contributed by atoms with Crippen molar-refractivity contribution in [1.82, 2.24) is 5.32 Å². The zero-order valence-corrected chi connectivity index (χ0v) is 10.7. The molecule has 0 saturated carbocycles. The summed E-state index contributed by atoms with van der Waals surface area (Å²) in [5.41, 5.74) is 7.12. The van der Waals surface area contributed by atoms with Crippen molar-refractivity contribution in [3.05, 3.63) is 40.4 Å². The molecular formula is C12H12BrN3O. The number of aliphatic imine (C=N–C) groups is 1. The van der Waals surface area contributed by atoms with Crippen LogP contribution < -0.4 is 11.1 Å². The maximum Gasteiger partial charge on any atom is 0.239 e. The Bertz CT molecular complexity index is 508. The van der Waals surface area contributed by atoms with E-state index in [0.717, 1.165) is 15.7 Å². The van der Waals surface area contributed by atoms with E-state index in [-0.39, 0.29) is 12.5 Å². The van der Waals surface area contributed by atoms with Gasteiger partial charge in [0.05, 0.1) is 12.2 Å². The van der Waals surface area contributed by atoms with Crippen LogP contribution in [0.1, 0.15) is 12.0 Å². The summed E-state index contributed by atoms with van der Waals surface area (Å²) in [5, 5.41) is 2.67. The van der Waals surface area contributed by atoms with E-state index in [1.807, 2.05) is 30.3 Å². The summed E-state index contributed by atoms with van der Waals surface area (Å²) in [4.78, 5) is 15.5. The quantitative estimate of drug-likeness (QED) is 0.871. The van der Waals surface area contributed by atoms with E-state index in [1.54, 1.807) is 0 Å². The van der Waals surface area contributed by atoms with Gasteiger partial charge in [-0.1, -0.05) is 34.1 Å². The van der Waals surface area contributed by atoms with Crippen molar-refractivity contribution in [3.63, 3.8) is 0 Å². The minimum absolute atomic E-state index is 0.0226. The number of nitrogens with one attached hydrogen (secondary N) is 1. The lowest BCUT2D eigenvalue weighted by atomic mass is 10.1. The van der Waals surface area contributed by atoms with Gasteiger partial charge in [-0.05, 0) is 12.1 Å². The van der Waals surface area contributed by atoms with Crippen molar-refractivity contribution in [1.29, 1.82) is 0 Å². The fourth-order valence-electron chi connectivity index (χ4n) is 1.55. The molecule has 0 spiro atoms. The van der Waals surface area contributed by atoms with Gasteiger partial charge in [0.15, 0.2) is 0 Å². The second-order valence-electron chi connectivity index (χ2n) is 3.61. The fraction of sp³-hybridized carbons (Fsp3) is 0.167. The van der Waals surface area contributed by atoms with Crippen LogP contribution in [0.15, 0.2) is 39.8 Å². The normalized spacial score (nSPS) is 14.2. The first-order chi connectivity index (χ1) is 8.19. The Hall–Kier alpha value is -1.46. The molecule has 17 heavy (non-hydrogen) atoms. The summed E-state index contributed by atoms with van der Waals surface area (Å²) in [6.45, 7) is -0.0226. The molecule has 5 heteroatoms. The maximum atomic E-state index is 11.1. The molecule has 0 fully saturated rings. The molecular weight excluding hydrogens is 282 g/mol. The zero-order valence-electron chi connectivity index (χ0n) is 9.11. The Kier molecular flexibility index (Phi) is 3.71. The molecule has 0 radical (unpaired) electrons. The van der Waals surface area contributed by atoms with Gasteiger partial charge in [0, 0.05) is 16.5 Å². The van der Waals surface area contributed by atoms with Crippen LogP contribution in [0.5, 0.6) is 0 Å². The number of hydrogen-bond donors (Lipinski definition) is 2. The maximum absolute atomic E-state index is 11.1. The molecule has 1 amide bonds. The van der Waals surface area contributed by atoms with Crippen LogP contribution in [-0.2, 0) is 4.79 Å². The molecule has 0 bridgehead atoms. The summed E-state index contributed by atoms with van der Waals surface area (Å²) < 4.78 is 1.01. The molecule has 2 rings (SSSR count). The number of amides is 1. The van der Waals surface area contributed by atoms with Crippen molar-refractivity contribution in [3.8, 4) is 0 Å². The van der Waals surface area contributed by atoms with Gasteiger partial charge in [-0.25, -0.2) is 4.99 Å². The van der Waals surface area contributed by atoms with Gasteiger partial charge in [-0.3, -0.25) is 4.79 Å². The first-order valence-corrected chi connectivity index (χ1v) is 6.02. The van der Waals surface area contributed by atoms with E-state index < -0.39 is 0 Å². The molecule has 0 unspecified atom stereocenters. The molecule has 1 aromatic rings. The number of halogens is 1. The van der Waals surface area contributed by atoms with Gasteiger partial charge in [0.25, 0.3) is 0 Å². The van der Waals surface area contributed by atoms with Crippen LogP contribution >= 0.6 is 15.9 Å². The van der Waals surface area contributed by atoms with E-state index in [4.69, 9.17) is 5.73 Å². The average molecular weight is 294 g/mol. The van der Waals surface area contributed by atoms with E-state index in [0.29, 0.717) is 12.3 Å². The lowest BCUT2D eigenvalue weighted by Crippen LogP contribution is -2.34. The van der Waals surface area contributed by atoms with Crippen molar-refractivity contribution in [2.75, 3.05) is 6.54 Å². The van der Waals surface area contributed by atoms with E-state index in [1.165, 1.54) is 0 Å². The van der Waals surface area contributed by atoms with Crippen molar-refractivity contribution in [2.45, 2.75) is 6.42 Å². The van der Waals surface area contributed by atoms with Gasteiger partial charge in [0.1, 0.15) is 5.84 Å². The number of hydrogen-bond acceptors (Lipinski definition) is 3. The molecule has 0 aromatic heterocycles. The first-order valence-electron chi connectivity index (χ1n) is 5.22. The Morgan fingerprint density at radius 2 is 2.35 bits per heavy atom. The summed E-state index contributed by atoms with van der Waals surface area (Å²) in [5.74, 6) is 0.433. The number of benzene rings is 1. The van der Waals surface area contributed by atoms with Crippen LogP contribution in [-0.4, -0.2) is 18.3 Å². The van der Waals surface area contributed by atoms with E-state index >= 15 is 0 Å². The molecule has 0 saturated heterocycles. The highest BCUT2D eigenvalue weighted by Gasteiger charge is 2.12. The predicted molar refractivity (Wildman–Crippen MR) is 71.4 cm³/mol. The zero-order chi connectivity index (χ0) is 12.3. The first kappa shape index (κ1) is 12.0. The third-order valence-corrected chi connectivity index (χ3v) is 2.83. The molecule has 1 heterocycles. The van der Waals surface area contributed by atoms with Crippen molar-refractivity contribution >= 4 is 33.4 Å². The van der Waals surface area contributed by atoms with Crippen LogP contribution in [0.4, 0.5) is 0 Å². The highest BCUT2D eigenvalue weighted by Crippen LogP contribution is 2.24. The highest BCUT2D eigenvalue weighted by molar-refractivity contribution is 9.10. The molecule has 4 nitrogen and oxygen atoms in total. The number of rotatable bonds is 2. The fourth-order valence-corrected chi connectivity index (χ4v) is 1.95. The lowest BCUT2D eigenvalue weighted by molar-refractivity contribution is -0.118. The third-order valence-electron chi connectivity index (χ3n) is 2.33. The summed E-state index contributed by atoms with van der Waals surface area (Å²) in [6.07, 6.45) is 2.61. The Morgan fingerprint density at radius 3 is 3.06 bits per heavy atom. The lowest BCUT2D eigenvalue weighted by Gasteiger charge is -2.02. The second kappa shape index (κ2) is 5.25. The van der Waals surface area contributed by atoms with Gasteiger partial charge in [-0.2, -0.15) is 0 Å². The van der Waals surface area contributed by atoms with E-state index in [9.17, 15) is 4.79 Å².